The first kappa shape index (κ1) is 17.5. The van der Waals surface area contributed by atoms with Gasteiger partial charge in [-0.05, 0) is 0 Å². The standard InChI is InChI=1S/C17H30Cl2Se/c18-15-10-7-11-16(19)17(20-13-12-15)14-8-5-3-1-2-4-6-9-14/h14-17H,1-13H2. The van der Waals surface area contributed by atoms with Crippen molar-refractivity contribution in [3.63, 3.8) is 0 Å². The maximum absolute atomic E-state index is 6.82. The van der Waals surface area contributed by atoms with Gasteiger partial charge in [0.25, 0.3) is 0 Å². The van der Waals surface area contributed by atoms with Crippen molar-refractivity contribution in [2.24, 2.45) is 5.92 Å². The Balaban J connectivity index is 1.93. The van der Waals surface area contributed by atoms with Gasteiger partial charge in [0.1, 0.15) is 0 Å². The molecule has 0 aromatic heterocycles. The summed E-state index contributed by atoms with van der Waals surface area (Å²) in [4.78, 5) is 0.823. The van der Waals surface area contributed by atoms with Crippen LogP contribution in [0.2, 0.25) is 10.1 Å². The molecule has 0 amide bonds. The van der Waals surface area contributed by atoms with Crippen molar-refractivity contribution in [1.29, 1.82) is 0 Å². The number of hydrogen-bond donors (Lipinski definition) is 0. The Kier molecular flexibility index (Phi) is 8.71. The van der Waals surface area contributed by atoms with E-state index in [2.05, 4.69) is 0 Å². The average Bonchev–Trinajstić information content (AvgIpc) is 2.60. The molecule has 1 heterocycles. The molecule has 118 valence electrons. The Morgan fingerprint density at radius 3 is 2.00 bits per heavy atom. The molecule has 3 heteroatoms. The second kappa shape index (κ2) is 9.98. The zero-order chi connectivity index (χ0) is 14.2. The van der Waals surface area contributed by atoms with E-state index in [0.717, 1.165) is 10.7 Å². The van der Waals surface area contributed by atoms with Gasteiger partial charge in [0.05, 0.1) is 0 Å². The van der Waals surface area contributed by atoms with Crippen molar-refractivity contribution in [1.82, 2.24) is 0 Å². The van der Waals surface area contributed by atoms with E-state index >= 15 is 0 Å². The Morgan fingerprint density at radius 2 is 1.30 bits per heavy atom. The molecule has 0 nitrogen and oxygen atoms in total. The predicted molar refractivity (Wildman–Crippen MR) is 92.5 cm³/mol. The number of hydrogen-bond acceptors (Lipinski definition) is 0. The van der Waals surface area contributed by atoms with E-state index in [9.17, 15) is 0 Å². The van der Waals surface area contributed by atoms with Crippen LogP contribution in [-0.4, -0.2) is 25.7 Å². The summed E-state index contributed by atoms with van der Waals surface area (Å²) in [5.41, 5.74) is 0. The minimum atomic E-state index is 0.417. The van der Waals surface area contributed by atoms with E-state index in [0.29, 0.717) is 25.7 Å². The van der Waals surface area contributed by atoms with E-state index < -0.39 is 0 Å². The van der Waals surface area contributed by atoms with Gasteiger partial charge in [-0.3, -0.25) is 0 Å². The first-order chi connectivity index (χ1) is 9.77. The number of halogens is 2. The molecule has 1 saturated carbocycles. The van der Waals surface area contributed by atoms with Crippen LogP contribution in [0.4, 0.5) is 0 Å². The molecule has 0 spiro atoms. The van der Waals surface area contributed by atoms with Gasteiger partial charge in [-0.25, -0.2) is 0 Å². The third-order valence-electron chi connectivity index (χ3n) is 4.96. The van der Waals surface area contributed by atoms with Crippen LogP contribution in [0.1, 0.15) is 77.0 Å². The number of rotatable bonds is 1. The fourth-order valence-corrected chi connectivity index (χ4v) is 8.32. The van der Waals surface area contributed by atoms with Crippen LogP contribution in [-0.2, 0) is 0 Å². The van der Waals surface area contributed by atoms with Crippen molar-refractivity contribution >= 4 is 38.2 Å². The van der Waals surface area contributed by atoms with Gasteiger partial charge < -0.3 is 0 Å². The van der Waals surface area contributed by atoms with E-state index in [1.807, 2.05) is 0 Å². The van der Waals surface area contributed by atoms with Gasteiger partial charge in [0, 0.05) is 0 Å². The average molecular weight is 384 g/mol. The molecule has 0 N–H and O–H groups in total. The Morgan fingerprint density at radius 1 is 0.650 bits per heavy atom. The van der Waals surface area contributed by atoms with Crippen molar-refractivity contribution in [2.75, 3.05) is 0 Å². The molecule has 3 unspecified atom stereocenters. The SMILES string of the molecule is ClC1CCCC(Cl)C(C2CCCCCCCC2)[Se]CC1. The Bertz CT molecular complexity index is 249. The van der Waals surface area contributed by atoms with E-state index in [1.165, 1.54) is 82.4 Å². The van der Waals surface area contributed by atoms with Crippen molar-refractivity contribution in [3.8, 4) is 0 Å². The van der Waals surface area contributed by atoms with Crippen LogP contribution >= 0.6 is 23.2 Å². The van der Waals surface area contributed by atoms with Crippen LogP contribution < -0.4 is 0 Å². The normalized spacial score (nSPS) is 36.0. The molecular weight excluding hydrogens is 354 g/mol. The second-order valence-corrected chi connectivity index (χ2v) is 10.5. The monoisotopic (exact) mass is 384 g/mol. The van der Waals surface area contributed by atoms with Crippen molar-refractivity contribution in [2.45, 2.75) is 97.9 Å². The predicted octanol–water partition coefficient (Wildman–Crippen LogP) is 6.44. The first-order valence-corrected chi connectivity index (χ1v) is 11.7. The zero-order valence-electron chi connectivity index (χ0n) is 12.7. The van der Waals surface area contributed by atoms with Crippen LogP contribution in [0.15, 0.2) is 0 Å². The van der Waals surface area contributed by atoms with Gasteiger partial charge in [0.2, 0.25) is 0 Å². The van der Waals surface area contributed by atoms with Crippen LogP contribution in [0, 0.1) is 5.92 Å². The van der Waals surface area contributed by atoms with Gasteiger partial charge in [-0.1, -0.05) is 0 Å². The third kappa shape index (κ3) is 6.07. The fourth-order valence-electron chi connectivity index (χ4n) is 3.70. The summed E-state index contributed by atoms with van der Waals surface area (Å²) < 4.78 is 0. The summed E-state index contributed by atoms with van der Waals surface area (Å²) in [7, 11) is 0. The number of alkyl halides is 2. The summed E-state index contributed by atoms with van der Waals surface area (Å²) in [6, 6.07) is 0. The topological polar surface area (TPSA) is 0 Å². The molecule has 2 aliphatic rings. The summed E-state index contributed by atoms with van der Waals surface area (Å²) >= 11 is 13.9. The molecule has 1 aliphatic carbocycles. The van der Waals surface area contributed by atoms with Crippen molar-refractivity contribution in [3.05, 3.63) is 0 Å². The van der Waals surface area contributed by atoms with Crippen LogP contribution in [0.3, 0.4) is 0 Å². The summed E-state index contributed by atoms with van der Waals surface area (Å²) in [5.74, 6) is 0.919. The van der Waals surface area contributed by atoms with E-state index in [4.69, 9.17) is 23.2 Å². The summed E-state index contributed by atoms with van der Waals surface area (Å²) in [6.07, 6.45) is 16.4. The molecule has 1 aliphatic heterocycles. The maximum atomic E-state index is 6.82. The van der Waals surface area contributed by atoms with Gasteiger partial charge in [0.15, 0.2) is 0 Å². The van der Waals surface area contributed by atoms with Crippen LogP contribution in [0.25, 0.3) is 0 Å². The molecule has 20 heavy (non-hydrogen) atoms. The van der Waals surface area contributed by atoms with Gasteiger partial charge in [-0.15, -0.1) is 0 Å². The minimum absolute atomic E-state index is 0.417. The molecule has 2 rings (SSSR count). The molecule has 0 bridgehead atoms. The Labute approximate surface area is 141 Å². The first-order valence-electron chi connectivity index (χ1n) is 8.67. The zero-order valence-corrected chi connectivity index (χ0v) is 15.9. The van der Waals surface area contributed by atoms with Crippen LogP contribution in [0.5, 0.6) is 0 Å². The summed E-state index contributed by atoms with van der Waals surface area (Å²) in [6.45, 7) is 0. The van der Waals surface area contributed by atoms with Gasteiger partial charge >= 0.3 is 142 Å². The molecule has 3 atom stereocenters. The molecular formula is C17H30Cl2Se. The molecule has 0 aromatic rings. The Hall–Kier alpha value is 1.10. The quantitative estimate of drug-likeness (QED) is 0.361. The molecule has 0 radical (unpaired) electrons. The summed E-state index contributed by atoms with van der Waals surface area (Å²) in [5, 5.41) is 2.20. The van der Waals surface area contributed by atoms with E-state index in [1.54, 1.807) is 0 Å². The van der Waals surface area contributed by atoms with Crippen molar-refractivity contribution < 1.29 is 0 Å². The molecule has 1 saturated heterocycles. The third-order valence-corrected chi connectivity index (χ3v) is 9.52. The molecule has 0 aromatic carbocycles. The fraction of sp³-hybridized carbons (Fsp3) is 1.00. The van der Waals surface area contributed by atoms with E-state index in [-0.39, 0.29) is 0 Å². The van der Waals surface area contributed by atoms with Gasteiger partial charge in [-0.2, -0.15) is 0 Å². The second-order valence-electron chi connectivity index (χ2n) is 6.63. The molecule has 2 fully saturated rings.